The Bertz CT molecular complexity index is 1140. The summed E-state index contributed by atoms with van der Waals surface area (Å²) in [6.07, 6.45) is 7.03. The lowest BCUT2D eigenvalue weighted by atomic mass is 9.75. The van der Waals surface area contributed by atoms with Crippen LogP contribution < -0.4 is 10.1 Å². The van der Waals surface area contributed by atoms with Gasteiger partial charge in [-0.25, -0.2) is 9.80 Å². The summed E-state index contributed by atoms with van der Waals surface area (Å²) in [7, 11) is 1.60. The van der Waals surface area contributed by atoms with Crippen LogP contribution in [0, 0.1) is 5.92 Å². The number of nitrogens with zero attached hydrogens (tertiary/aromatic N) is 3. The van der Waals surface area contributed by atoms with E-state index in [-0.39, 0.29) is 18.4 Å². The molecule has 3 heterocycles. The number of carbonyl (C=O) groups is 3. The first kappa shape index (κ1) is 23.1. The van der Waals surface area contributed by atoms with Crippen molar-refractivity contribution in [3.63, 3.8) is 0 Å². The molecule has 2 aromatic rings. The smallest absolute Gasteiger partial charge is 0.325 e. The highest BCUT2D eigenvalue weighted by Gasteiger charge is 2.53. The van der Waals surface area contributed by atoms with Crippen molar-refractivity contribution >= 4 is 23.6 Å². The third kappa shape index (κ3) is 4.19. The number of amides is 4. The molecule has 1 aliphatic carbocycles. The number of urea groups is 1. The molecule has 2 fully saturated rings. The summed E-state index contributed by atoms with van der Waals surface area (Å²) in [5.41, 5.74) is 0.602. The number of hydrazone groups is 1. The second-order valence-corrected chi connectivity index (χ2v) is 9.61. The molecule has 5 rings (SSSR count). The maximum absolute atomic E-state index is 13.4. The second kappa shape index (κ2) is 9.20. The summed E-state index contributed by atoms with van der Waals surface area (Å²) in [6, 6.07) is 10.0. The number of methoxy groups -OCH3 is 1. The van der Waals surface area contributed by atoms with Gasteiger partial charge >= 0.3 is 6.03 Å². The molecular formula is C26H30N4O5. The van der Waals surface area contributed by atoms with Crippen LogP contribution in [0.3, 0.4) is 0 Å². The van der Waals surface area contributed by atoms with E-state index in [0.29, 0.717) is 17.9 Å². The van der Waals surface area contributed by atoms with Crippen LogP contribution in [0.4, 0.5) is 4.79 Å². The summed E-state index contributed by atoms with van der Waals surface area (Å²) < 4.78 is 10.8. The summed E-state index contributed by atoms with van der Waals surface area (Å²) in [4.78, 5) is 40.6. The van der Waals surface area contributed by atoms with Crippen LogP contribution in [0.1, 0.15) is 62.8 Å². The predicted octanol–water partition coefficient (Wildman–Crippen LogP) is 3.86. The maximum Gasteiger partial charge on any atom is 0.325 e. The quantitative estimate of drug-likeness (QED) is 0.635. The molecule has 2 aliphatic heterocycles. The largest absolute Gasteiger partial charge is 0.497 e. The van der Waals surface area contributed by atoms with Gasteiger partial charge in [-0.15, -0.1) is 0 Å². The summed E-state index contributed by atoms with van der Waals surface area (Å²) in [6.45, 7) is 1.42. The fourth-order valence-electron chi connectivity index (χ4n) is 5.42. The van der Waals surface area contributed by atoms with Crippen molar-refractivity contribution < 1.29 is 23.5 Å². The van der Waals surface area contributed by atoms with Crippen molar-refractivity contribution in [2.45, 2.75) is 57.0 Å². The minimum atomic E-state index is -0.971. The van der Waals surface area contributed by atoms with Crippen LogP contribution >= 0.6 is 0 Å². The average Bonchev–Trinajstić information content (AvgIpc) is 3.61. The van der Waals surface area contributed by atoms with E-state index >= 15 is 0 Å². The van der Waals surface area contributed by atoms with Crippen LogP contribution in [-0.4, -0.2) is 52.7 Å². The summed E-state index contributed by atoms with van der Waals surface area (Å²) >= 11 is 0. The van der Waals surface area contributed by atoms with Crippen molar-refractivity contribution in [1.29, 1.82) is 0 Å². The highest BCUT2D eigenvalue weighted by molar-refractivity contribution is 6.09. The number of hydrogen-bond acceptors (Lipinski definition) is 6. The molecule has 3 aliphatic rings. The Morgan fingerprint density at radius 3 is 2.57 bits per heavy atom. The molecule has 1 saturated carbocycles. The topological polar surface area (TPSA) is 104 Å². The Kier molecular flexibility index (Phi) is 6.08. The zero-order valence-electron chi connectivity index (χ0n) is 20.0. The van der Waals surface area contributed by atoms with Gasteiger partial charge in [-0.3, -0.25) is 14.5 Å². The number of benzene rings is 1. The highest BCUT2D eigenvalue weighted by Crippen LogP contribution is 2.37. The molecular weight excluding hydrogens is 448 g/mol. The number of rotatable bonds is 6. The zero-order chi connectivity index (χ0) is 24.6. The molecule has 1 saturated heterocycles. The van der Waals surface area contributed by atoms with Gasteiger partial charge in [0.1, 0.15) is 29.6 Å². The zero-order valence-corrected chi connectivity index (χ0v) is 20.0. The Morgan fingerprint density at radius 2 is 1.91 bits per heavy atom. The molecule has 35 heavy (non-hydrogen) atoms. The fraction of sp³-hybridized carbons (Fsp3) is 0.462. The SMILES string of the molecule is COc1ccc(C2=NN(C(=O)CN3C(=O)N[C@@](C)(C4CCCCC4)C3=O)[C@H](c3ccco3)C2)cc1. The molecule has 0 bridgehead atoms. The monoisotopic (exact) mass is 478 g/mol. The molecule has 0 radical (unpaired) electrons. The fourth-order valence-corrected chi connectivity index (χ4v) is 5.42. The number of carbonyl (C=O) groups excluding carboxylic acids is 3. The van der Waals surface area contributed by atoms with Crippen molar-refractivity contribution in [1.82, 2.24) is 15.2 Å². The molecule has 9 nitrogen and oxygen atoms in total. The number of hydrogen-bond donors (Lipinski definition) is 1. The molecule has 1 N–H and O–H groups in total. The van der Waals surface area contributed by atoms with Crippen LogP contribution in [0.25, 0.3) is 0 Å². The van der Waals surface area contributed by atoms with Crippen LogP contribution in [0.15, 0.2) is 52.2 Å². The first-order valence-electron chi connectivity index (χ1n) is 12.1. The van der Waals surface area contributed by atoms with E-state index in [4.69, 9.17) is 9.15 Å². The van der Waals surface area contributed by atoms with Gasteiger partial charge in [0.2, 0.25) is 0 Å². The van der Waals surface area contributed by atoms with Gasteiger partial charge in [0.05, 0.1) is 19.1 Å². The average molecular weight is 479 g/mol. The van der Waals surface area contributed by atoms with Crippen molar-refractivity contribution in [2.24, 2.45) is 11.0 Å². The minimum Gasteiger partial charge on any atom is -0.497 e. The van der Waals surface area contributed by atoms with E-state index in [1.54, 1.807) is 32.4 Å². The number of ether oxygens (including phenoxy) is 1. The molecule has 1 aromatic carbocycles. The number of imide groups is 1. The molecule has 0 spiro atoms. The van der Waals surface area contributed by atoms with Gasteiger partial charge in [0.15, 0.2) is 0 Å². The van der Waals surface area contributed by atoms with E-state index in [2.05, 4.69) is 10.4 Å². The molecule has 184 valence electrons. The lowest BCUT2D eigenvalue weighted by molar-refractivity contribution is -0.141. The van der Waals surface area contributed by atoms with Crippen LogP contribution in [0.5, 0.6) is 5.75 Å². The predicted molar refractivity (Wildman–Crippen MR) is 128 cm³/mol. The van der Waals surface area contributed by atoms with Gasteiger partial charge in [-0.2, -0.15) is 5.10 Å². The van der Waals surface area contributed by atoms with Crippen LogP contribution in [0.2, 0.25) is 0 Å². The van der Waals surface area contributed by atoms with E-state index in [9.17, 15) is 14.4 Å². The van der Waals surface area contributed by atoms with E-state index in [0.717, 1.165) is 48.3 Å². The summed E-state index contributed by atoms with van der Waals surface area (Å²) in [5, 5.41) is 8.82. The summed E-state index contributed by atoms with van der Waals surface area (Å²) in [5.74, 6) is 0.620. The number of nitrogens with one attached hydrogen (secondary N) is 1. The minimum absolute atomic E-state index is 0.0788. The Balaban J connectivity index is 1.37. The lowest BCUT2D eigenvalue weighted by Gasteiger charge is -2.34. The van der Waals surface area contributed by atoms with Gasteiger partial charge in [-0.05, 0) is 67.6 Å². The molecule has 9 heteroatoms. The van der Waals surface area contributed by atoms with Crippen molar-refractivity contribution in [2.75, 3.05) is 13.7 Å². The molecule has 4 amide bonds. The van der Waals surface area contributed by atoms with Gasteiger partial charge in [-0.1, -0.05) is 19.3 Å². The normalized spacial score (nSPS) is 25.1. The van der Waals surface area contributed by atoms with E-state index in [1.165, 1.54) is 5.01 Å². The van der Waals surface area contributed by atoms with Crippen molar-refractivity contribution in [3.8, 4) is 5.75 Å². The third-order valence-corrected chi connectivity index (χ3v) is 7.48. The van der Waals surface area contributed by atoms with E-state index in [1.807, 2.05) is 24.3 Å². The molecule has 1 aromatic heterocycles. The highest BCUT2D eigenvalue weighted by atomic mass is 16.5. The third-order valence-electron chi connectivity index (χ3n) is 7.48. The van der Waals surface area contributed by atoms with Gasteiger partial charge in [0, 0.05) is 6.42 Å². The van der Waals surface area contributed by atoms with Crippen LogP contribution in [-0.2, 0) is 9.59 Å². The lowest BCUT2D eigenvalue weighted by Crippen LogP contribution is -2.51. The van der Waals surface area contributed by atoms with Crippen molar-refractivity contribution in [3.05, 3.63) is 54.0 Å². The van der Waals surface area contributed by atoms with Gasteiger partial charge in [0.25, 0.3) is 11.8 Å². The molecule has 0 unspecified atom stereocenters. The maximum atomic E-state index is 13.4. The van der Waals surface area contributed by atoms with E-state index < -0.39 is 23.5 Å². The second-order valence-electron chi connectivity index (χ2n) is 9.61. The Labute approximate surface area is 204 Å². The Hall–Kier alpha value is -3.62. The first-order chi connectivity index (χ1) is 16.9. The number of furan rings is 1. The first-order valence-corrected chi connectivity index (χ1v) is 12.1. The van der Waals surface area contributed by atoms with Gasteiger partial charge < -0.3 is 14.5 Å². The Morgan fingerprint density at radius 1 is 1.17 bits per heavy atom. The standard InChI is InChI=1S/C26H30N4O5/c1-26(18-7-4-3-5-8-18)24(32)29(25(33)27-26)16-23(31)30-21(22-9-6-14-35-22)15-20(28-30)17-10-12-19(34-2)13-11-17/h6,9-14,18,21H,3-5,7-8,15-16H2,1-2H3,(H,27,33)/t21-,26-/m0/s1. The molecule has 2 atom stereocenters.